The van der Waals surface area contributed by atoms with Crippen LogP contribution in [0, 0.1) is 13.8 Å². The molecule has 0 fully saturated rings. The van der Waals surface area contributed by atoms with Gasteiger partial charge in [0.05, 0.1) is 5.69 Å². The number of esters is 1. The van der Waals surface area contributed by atoms with E-state index in [9.17, 15) is 4.79 Å². The summed E-state index contributed by atoms with van der Waals surface area (Å²) >= 11 is 0. The Morgan fingerprint density at radius 1 is 1.22 bits per heavy atom. The summed E-state index contributed by atoms with van der Waals surface area (Å²) in [5.41, 5.74) is 5.75. The van der Waals surface area contributed by atoms with Crippen LogP contribution in [0.25, 0.3) is 11.3 Å². The van der Waals surface area contributed by atoms with Gasteiger partial charge in [-0.25, -0.2) is 4.79 Å². The molecule has 0 aliphatic carbocycles. The number of hydrogen-bond donors (Lipinski definition) is 0. The maximum absolute atomic E-state index is 11.8. The van der Waals surface area contributed by atoms with Crippen LogP contribution in [0.3, 0.4) is 0 Å². The molecule has 0 N–H and O–H groups in total. The molecule has 1 heterocycles. The van der Waals surface area contributed by atoms with E-state index in [2.05, 4.69) is 61.7 Å². The molecule has 1 aromatic heterocycles. The average Bonchev–Trinajstić information content (AvgIpc) is 3.03. The third kappa shape index (κ3) is 5.75. The van der Waals surface area contributed by atoms with Crippen LogP contribution in [0.4, 0.5) is 0 Å². The van der Waals surface area contributed by atoms with Crippen LogP contribution in [0.2, 0.25) is 0 Å². The lowest BCUT2D eigenvalue weighted by Crippen LogP contribution is -2.18. The number of hydrogen-bond acceptors (Lipinski definition) is 5. The molecule has 6 heteroatoms. The van der Waals surface area contributed by atoms with Gasteiger partial charge in [-0.3, -0.25) is 9.67 Å². The molecule has 0 amide bonds. The minimum Gasteiger partial charge on any atom is -0.452 e. The third-order valence-corrected chi connectivity index (χ3v) is 5.24. The van der Waals surface area contributed by atoms with Gasteiger partial charge in [-0.15, -0.1) is 0 Å². The second-order valence-corrected chi connectivity index (χ2v) is 8.66. The Hall–Kier alpha value is -3.15. The Bertz CT molecular complexity index is 1020. The van der Waals surface area contributed by atoms with Gasteiger partial charge in [0.1, 0.15) is 5.69 Å². The van der Waals surface area contributed by atoms with E-state index < -0.39 is 12.3 Å². The number of carbonyl (C=O) groups excluding carboxylic acids is 1. The number of aromatic nitrogens is 2. The molecule has 0 saturated carbocycles. The molecule has 0 spiro atoms. The highest BCUT2D eigenvalue weighted by molar-refractivity contribution is 6.18. The molecule has 0 aliphatic heterocycles. The molecule has 32 heavy (non-hydrogen) atoms. The highest BCUT2D eigenvalue weighted by atomic mass is 16.7. The van der Waals surface area contributed by atoms with E-state index in [1.165, 1.54) is 5.56 Å². The summed E-state index contributed by atoms with van der Waals surface area (Å²) in [5, 5.41) is 4.65. The molecular weight excluding hydrogens is 402 g/mol. The SMILES string of the molecule is C=CC(=O)OC(C)O/C(=C(/C=NC)c1ccc(C(C)(C)C)cc1)c1c(C)c(C)nn1CC. The second-order valence-electron chi connectivity index (χ2n) is 8.66. The summed E-state index contributed by atoms with van der Waals surface area (Å²) in [6.07, 6.45) is 2.06. The monoisotopic (exact) mass is 437 g/mol. The normalized spacial score (nSPS) is 13.6. The smallest absolute Gasteiger partial charge is 0.333 e. The van der Waals surface area contributed by atoms with E-state index in [4.69, 9.17) is 9.47 Å². The van der Waals surface area contributed by atoms with E-state index in [0.29, 0.717) is 12.3 Å². The Morgan fingerprint density at radius 2 is 1.84 bits per heavy atom. The van der Waals surface area contributed by atoms with Crippen molar-refractivity contribution in [2.45, 2.75) is 66.7 Å². The zero-order chi connectivity index (χ0) is 24.1. The molecule has 6 nitrogen and oxygen atoms in total. The fourth-order valence-corrected chi connectivity index (χ4v) is 3.38. The van der Waals surface area contributed by atoms with Crippen LogP contribution >= 0.6 is 0 Å². The van der Waals surface area contributed by atoms with Crippen molar-refractivity contribution in [3.05, 3.63) is 65.0 Å². The van der Waals surface area contributed by atoms with Crippen LogP contribution in [0.15, 0.2) is 41.9 Å². The Balaban J connectivity index is 2.74. The summed E-state index contributed by atoms with van der Waals surface area (Å²) in [4.78, 5) is 16.0. The Labute approximate surface area is 191 Å². The van der Waals surface area contributed by atoms with Gasteiger partial charge in [-0.2, -0.15) is 5.10 Å². The lowest BCUT2D eigenvalue weighted by molar-refractivity contribution is -0.157. The van der Waals surface area contributed by atoms with Gasteiger partial charge in [0.15, 0.2) is 5.76 Å². The minimum absolute atomic E-state index is 0.0442. The van der Waals surface area contributed by atoms with E-state index in [0.717, 1.165) is 34.2 Å². The van der Waals surface area contributed by atoms with Gasteiger partial charge >= 0.3 is 5.97 Å². The molecule has 172 valence electrons. The van der Waals surface area contributed by atoms with E-state index >= 15 is 0 Å². The van der Waals surface area contributed by atoms with Crippen LogP contribution in [-0.2, 0) is 26.2 Å². The van der Waals surface area contributed by atoms with Crippen LogP contribution in [0.1, 0.15) is 62.7 Å². The van der Waals surface area contributed by atoms with Crippen molar-refractivity contribution >= 4 is 23.5 Å². The van der Waals surface area contributed by atoms with Crippen LogP contribution in [0.5, 0.6) is 0 Å². The molecule has 1 atom stereocenters. The summed E-state index contributed by atoms with van der Waals surface area (Å²) in [6.45, 7) is 18.4. The predicted molar refractivity (Wildman–Crippen MR) is 131 cm³/mol. The maximum Gasteiger partial charge on any atom is 0.333 e. The van der Waals surface area contributed by atoms with Crippen molar-refractivity contribution in [3.63, 3.8) is 0 Å². The number of aliphatic imine (C=N–C) groups is 1. The Kier molecular flexibility index (Phi) is 8.19. The first-order valence-electron chi connectivity index (χ1n) is 10.8. The first kappa shape index (κ1) is 25.1. The first-order chi connectivity index (χ1) is 15.0. The molecule has 0 radical (unpaired) electrons. The molecule has 2 rings (SSSR count). The molecule has 2 aromatic rings. The quantitative estimate of drug-likeness (QED) is 0.180. The van der Waals surface area contributed by atoms with Crippen molar-refractivity contribution in [1.29, 1.82) is 0 Å². The van der Waals surface area contributed by atoms with E-state index in [1.807, 2.05) is 25.5 Å². The predicted octanol–water partition coefficient (Wildman–Crippen LogP) is 5.48. The van der Waals surface area contributed by atoms with Gasteiger partial charge in [-0.05, 0) is 37.3 Å². The summed E-state index contributed by atoms with van der Waals surface area (Å²) in [5.74, 6) is 0.0115. The number of benzene rings is 1. The fraction of sp³-hybridized carbons (Fsp3) is 0.423. The number of rotatable bonds is 8. The Morgan fingerprint density at radius 3 is 2.34 bits per heavy atom. The largest absolute Gasteiger partial charge is 0.452 e. The van der Waals surface area contributed by atoms with Gasteiger partial charge in [0.25, 0.3) is 0 Å². The van der Waals surface area contributed by atoms with Gasteiger partial charge in [0.2, 0.25) is 6.29 Å². The number of aryl methyl sites for hydroxylation is 2. The number of nitrogens with zero attached hydrogens (tertiary/aromatic N) is 3. The first-order valence-corrected chi connectivity index (χ1v) is 10.8. The average molecular weight is 438 g/mol. The van der Waals surface area contributed by atoms with E-state index in [-0.39, 0.29) is 5.41 Å². The second kappa shape index (κ2) is 10.4. The number of carbonyl (C=O) groups is 1. The van der Waals surface area contributed by atoms with Gasteiger partial charge in [0, 0.05) is 43.9 Å². The third-order valence-electron chi connectivity index (χ3n) is 5.24. The van der Waals surface area contributed by atoms with Crippen LogP contribution in [-0.4, -0.2) is 35.3 Å². The highest BCUT2D eigenvalue weighted by Gasteiger charge is 2.24. The number of ether oxygens (including phenoxy) is 2. The summed E-state index contributed by atoms with van der Waals surface area (Å²) in [6, 6.07) is 8.37. The van der Waals surface area contributed by atoms with Crippen LogP contribution < -0.4 is 0 Å². The molecular formula is C26H35N3O3. The molecule has 1 unspecified atom stereocenters. The van der Waals surface area contributed by atoms with Crippen molar-refractivity contribution in [2.75, 3.05) is 7.05 Å². The maximum atomic E-state index is 11.8. The highest BCUT2D eigenvalue weighted by Crippen LogP contribution is 2.32. The van der Waals surface area contributed by atoms with Gasteiger partial charge < -0.3 is 9.47 Å². The lowest BCUT2D eigenvalue weighted by Gasteiger charge is -2.22. The fourth-order valence-electron chi connectivity index (χ4n) is 3.38. The number of allylic oxidation sites excluding steroid dienone is 1. The van der Waals surface area contributed by atoms with Crippen molar-refractivity contribution in [1.82, 2.24) is 9.78 Å². The minimum atomic E-state index is -0.829. The summed E-state index contributed by atoms with van der Waals surface area (Å²) in [7, 11) is 1.72. The standard InChI is InChI=1S/C26H35N3O3/c1-10-23(30)31-19(5)32-25(24-17(3)18(4)28-29(24)11-2)22(16-27-9)20-12-14-21(15-13-20)26(6,7)8/h10,12-16,19H,1,11H2,2-9H3/b25-22-,27-16?. The van der Waals surface area contributed by atoms with Crippen molar-refractivity contribution < 1.29 is 14.3 Å². The van der Waals surface area contributed by atoms with Gasteiger partial charge in [-0.1, -0.05) is 51.6 Å². The summed E-state index contributed by atoms with van der Waals surface area (Å²) < 4.78 is 13.5. The van der Waals surface area contributed by atoms with E-state index in [1.54, 1.807) is 20.2 Å². The van der Waals surface area contributed by atoms with Crippen molar-refractivity contribution in [3.8, 4) is 0 Å². The molecule has 0 bridgehead atoms. The zero-order valence-corrected chi connectivity index (χ0v) is 20.5. The molecule has 0 aliphatic rings. The van der Waals surface area contributed by atoms with Crippen molar-refractivity contribution in [2.24, 2.45) is 4.99 Å². The molecule has 1 aromatic carbocycles. The topological polar surface area (TPSA) is 65.7 Å². The lowest BCUT2D eigenvalue weighted by atomic mass is 9.86. The zero-order valence-electron chi connectivity index (χ0n) is 20.5. The molecule has 0 saturated heterocycles.